The molecule has 5 nitrogen and oxygen atoms in total. The molecule has 0 amide bonds. The number of aliphatic imine (C=N–C) groups is 1. The lowest BCUT2D eigenvalue weighted by atomic mass is 10.1. The van der Waals surface area contributed by atoms with Crippen LogP contribution in [-0.2, 0) is 6.54 Å². The largest absolute Gasteiger partial charge is 0.369 e. The molecule has 2 aromatic rings. The van der Waals surface area contributed by atoms with Gasteiger partial charge < -0.3 is 10.3 Å². The molecule has 0 fully saturated rings. The normalized spacial score (nSPS) is 18.4. The van der Waals surface area contributed by atoms with Crippen molar-refractivity contribution in [1.29, 1.82) is 0 Å². The van der Waals surface area contributed by atoms with Crippen LogP contribution in [0.4, 0.5) is 10.1 Å². The van der Waals surface area contributed by atoms with Crippen LogP contribution in [0.1, 0.15) is 18.7 Å². The number of imidazole rings is 1. The number of hydrogen-bond donors (Lipinski definition) is 1. The van der Waals surface area contributed by atoms with Crippen molar-refractivity contribution in [3.8, 4) is 0 Å². The Morgan fingerprint density at radius 3 is 2.95 bits per heavy atom. The molecular weight excluding hydrogens is 257 g/mol. The molecule has 1 aliphatic heterocycles. The monoisotopic (exact) mass is 273 g/mol. The summed E-state index contributed by atoms with van der Waals surface area (Å²) in [4.78, 5) is 10.2. The number of nitrogens with two attached hydrogens (primary N) is 1. The molecule has 20 heavy (non-hydrogen) atoms. The van der Waals surface area contributed by atoms with Gasteiger partial charge in [0, 0.05) is 6.54 Å². The van der Waals surface area contributed by atoms with Crippen molar-refractivity contribution >= 4 is 11.6 Å². The third kappa shape index (κ3) is 1.93. The van der Waals surface area contributed by atoms with E-state index in [1.54, 1.807) is 35.6 Å². The van der Waals surface area contributed by atoms with Gasteiger partial charge in [0.2, 0.25) is 0 Å². The lowest BCUT2D eigenvalue weighted by Crippen LogP contribution is -2.37. The van der Waals surface area contributed by atoms with Gasteiger partial charge in [0.05, 0.1) is 36.5 Å². The van der Waals surface area contributed by atoms with Gasteiger partial charge in [-0.3, -0.25) is 9.89 Å². The van der Waals surface area contributed by atoms with Crippen molar-refractivity contribution in [1.82, 2.24) is 9.55 Å². The smallest absolute Gasteiger partial charge is 0.196 e. The first-order valence-electron chi connectivity index (χ1n) is 6.56. The van der Waals surface area contributed by atoms with Crippen molar-refractivity contribution in [3.63, 3.8) is 0 Å². The summed E-state index contributed by atoms with van der Waals surface area (Å²) in [7, 11) is 0. The van der Waals surface area contributed by atoms with Crippen LogP contribution >= 0.6 is 0 Å². The lowest BCUT2D eigenvalue weighted by Gasteiger charge is -2.27. The molecule has 0 spiro atoms. The standard InChI is InChI=1S/C14H16FN5/c1-2-19-9-17-7-12(19)13-8-18-14(16)20(13)11-6-4-3-5-10(11)15/h3-7,9,13H,2,8H2,1H3,(H2,16,18). The zero-order valence-electron chi connectivity index (χ0n) is 11.2. The van der Waals surface area contributed by atoms with Crippen molar-refractivity contribution in [2.75, 3.05) is 11.4 Å². The maximum absolute atomic E-state index is 14.0. The molecule has 6 heteroatoms. The Morgan fingerprint density at radius 2 is 2.20 bits per heavy atom. The van der Waals surface area contributed by atoms with E-state index in [0.717, 1.165) is 12.2 Å². The molecule has 1 aromatic heterocycles. The number of rotatable bonds is 3. The van der Waals surface area contributed by atoms with Crippen LogP contribution in [0.5, 0.6) is 0 Å². The number of hydrogen-bond acceptors (Lipinski definition) is 4. The van der Waals surface area contributed by atoms with Gasteiger partial charge in [0.15, 0.2) is 5.96 Å². The van der Waals surface area contributed by atoms with Gasteiger partial charge in [-0.2, -0.15) is 0 Å². The van der Waals surface area contributed by atoms with E-state index in [2.05, 4.69) is 9.98 Å². The highest BCUT2D eigenvalue weighted by atomic mass is 19.1. The number of anilines is 1. The van der Waals surface area contributed by atoms with E-state index in [1.807, 2.05) is 11.5 Å². The Bertz CT molecular complexity index is 649. The Labute approximate surface area is 116 Å². The Kier molecular flexibility index (Phi) is 3.14. The molecule has 1 aliphatic rings. The summed E-state index contributed by atoms with van der Waals surface area (Å²) < 4.78 is 16.1. The van der Waals surface area contributed by atoms with Crippen molar-refractivity contribution in [2.24, 2.45) is 10.7 Å². The highest BCUT2D eigenvalue weighted by Gasteiger charge is 2.32. The number of halogens is 1. The van der Waals surface area contributed by atoms with E-state index in [-0.39, 0.29) is 11.9 Å². The van der Waals surface area contributed by atoms with E-state index in [0.29, 0.717) is 18.2 Å². The number of aromatic nitrogens is 2. The summed E-state index contributed by atoms with van der Waals surface area (Å²) in [6, 6.07) is 6.47. The fraction of sp³-hybridized carbons (Fsp3) is 0.286. The van der Waals surface area contributed by atoms with E-state index in [4.69, 9.17) is 5.73 Å². The molecule has 3 rings (SSSR count). The van der Waals surface area contributed by atoms with E-state index in [1.165, 1.54) is 6.07 Å². The van der Waals surface area contributed by atoms with Crippen molar-refractivity contribution in [3.05, 3.63) is 48.3 Å². The molecule has 0 radical (unpaired) electrons. The first-order valence-corrected chi connectivity index (χ1v) is 6.56. The second kappa shape index (κ2) is 4.96. The van der Waals surface area contributed by atoms with Crippen LogP contribution < -0.4 is 10.6 Å². The molecule has 1 atom stereocenters. The summed E-state index contributed by atoms with van der Waals surface area (Å²) in [6.07, 6.45) is 3.56. The van der Waals surface area contributed by atoms with Crippen molar-refractivity contribution < 1.29 is 4.39 Å². The van der Waals surface area contributed by atoms with Crippen molar-refractivity contribution in [2.45, 2.75) is 19.5 Å². The van der Waals surface area contributed by atoms with Crippen LogP contribution in [0.15, 0.2) is 41.8 Å². The highest BCUT2D eigenvalue weighted by Crippen LogP contribution is 2.32. The molecule has 104 valence electrons. The third-order valence-electron chi connectivity index (χ3n) is 3.52. The topological polar surface area (TPSA) is 59.4 Å². The van der Waals surface area contributed by atoms with Gasteiger partial charge in [-0.15, -0.1) is 0 Å². The maximum Gasteiger partial charge on any atom is 0.196 e. The summed E-state index contributed by atoms with van der Waals surface area (Å²) in [5.74, 6) is 0.0315. The predicted molar refractivity (Wildman–Crippen MR) is 76.0 cm³/mol. The molecule has 0 saturated heterocycles. The van der Waals surface area contributed by atoms with Gasteiger partial charge in [-0.25, -0.2) is 9.37 Å². The molecule has 2 N–H and O–H groups in total. The van der Waals surface area contributed by atoms with E-state index >= 15 is 0 Å². The van der Waals surface area contributed by atoms with Gasteiger partial charge in [-0.1, -0.05) is 12.1 Å². The molecule has 0 saturated carbocycles. The second-order valence-electron chi connectivity index (χ2n) is 4.64. The third-order valence-corrected chi connectivity index (χ3v) is 3.52. The summed E-state index contributed by atoms with van der Waals surface area (Å²) in [5.41, 5.74) is 7.38. The predicted octanol–water partition coefficient (Wildman–Crippen LogP) is 1.92. The van der Waals surface area contributed by atoms with Crippen LogP contribution in [-0.4, -0.2) is 22.1 Å². The minimum Gasteiger partial charge on any atom is -0.369 e. The van der Waals surface area contributed by atoms with Crippen LogP contribution in [0.3, 0.4) is 0 Å². The number of benzene rings is 1. The second-order valence-corrected chi connectivity index (χ2v) is 4.64. The minimum atomic E-state index is -0.305. The summed E-state index contributed by atoms with van der Waals surface area (Å²) >= 11 is 0. The van der Waals surface area contributed by atoms with Gasteiger partial charge in [0.1, 0.15) is 5.82 Å². The Morgan fingerprint density at radius 1 is 1.40 bits per heavy atom. The minimum absolute atomic E-state index is 0.116. The molecule has 1 unspecified atom stereocenters. The maximum atomic E-state index is 14.0. The fourth-order valence-electron chi connectivity index (χ4n) is 2.53. The molecular formula is C14H16FN5. The zero-order valence-corrected chi connectivity index (χ0v) is 11.2. The average Bonchev–Trinajstić information content (AvgIpc) is 3.05. The number of guanidine groups is 1. The number of para-hydroxylation sites is 1. The van der Waals surface area contributed by atoms with Gasteiger partial charge >= 0.3 is 0 Å². The lowest BCUT2D eigenvalue weighted by molar-refractivity contribution is 0.606. The molecule has 1 aromatic carbocycles. The molecule has 0 aliphatic carbocycles. The molecule has 0 bridgehead atoms. The number of aryl methyl sites for hydroxylation is 1. The Hall–Kier alpha value is -2.37. The van der Waals surface area contributed by atoms with Gasteiger partial charge in [-0.05, 0) is 19.1 Å². The van der Waals surface area contributed by atoms with Gasteiger partial charge in [0.25, 0.3) is 0 Å². The zero-order chi connectivity index (χ0) is 14.1. The number of nitrogens with zero attached hydrogens (tertiary/aromatic N) is 4. The molecule has 2 heterocycles. The summed E-state index contributed by atoms with van der Waals surface area (Å²) in [6.45, 7) is 3.35. The fourth-order valence-corrected chi connectivity index (χ4v) is 2.53. The first-order chi connectivity index (χ1) is 9.72. The van der Waals surface area contributed by atoms with E-state index < -0.39 is 0 Å². The average molecular weight is 273 g/mol. The SMILES string of the molecule is CCn1cncc1C1CN=C(N)N1c1ccccc1F. The Balaban J connectivity index is 2.03. The van der Waals surface area contributed by atoms with E-state index in [9.17, 15) is 4.39 Å². The highest BCUT2D eigenvalue weighted by molar-refractivity contribution is 5.97. The quantitative estimate of drug-likeness (QED) is 0.929. The van der Waals surface area contributed by atoms with Crippen LogP contribution in [0, 0.1) is 5.82 Å². The van der Waals surface area contributed by atoms with Crippen LogP contribution in [0.2, 0.25) is 0 Å². The summed E-state index contributed by atoms with van der Waals surface area (Å²) in [5, 5.41) is 0. The van der Waals surface area contributed by atoms with Crippen LogP contribution in [0.25, 0.3) is 0 Å². The first kappa shape index (κ1) is 12.7.